The van der Waals surface area contributed by atoms with Crippen LogP contribution in [0.25, 0.3) is 0 Å². The van der Waals surface area contributed by atoms with Crippen LogP contribution in [0.5, 0.6) is 34.5 Å². The fraction of sp³-hybridized carbons (Fsp3) is 0.364. The van der Waals surface area contributed by atoms with Crippen LogP contribution in [0.15, 0.2) is 30.9 Å². The number of allylic oxidation sites excluding steroid dienone is 1. The lowest BCUT2D eigenvalue weighted by atomic mass is 9.91. The molecule has 1 aliphatic rings. The molecule has 0 aliphatic carbocycles. The van der Waals surface area contributed by atoms with Crippen LogP contribution in [0.1, 0.15) is 35.6 Å². The molecule has 0 saturated heterocycles. The van der Waals surface area contributed by atoms with Gasteiger partial charge in [-0.05, 0) is 24.6 Å². The number of phenolic OH excluding ortho intramolecular Hbond substituents is 1. The number of hydrogen-bond acceptors (Lipinski definition) is 6. The highest BCUT2D eigenvalue weighted by molar-refractivity contribution is 5.62. The SMILES string of the molecule is C=CCc1c(O)c(OC)cc2c1O[C@H](c1cc(OC)c(OC)c(OC)c1)[C@H]2C. The minimum atomic E-state index is -0.279. The van der Waals surface area contributed by atoms with Crippen molar-refractivity contribution in [3.63, 3.8) is 0 Å². The number of hydrogen-bond donors (Lipinski definition) is 1. The normalized spacial score (nSPS) is 17.5. The van der Waals surface area contributed by atoms with Crippen molar-refractivity contribution >= 4 is 0 Å². The van der Waals surface area contributed by atoms with Crippen LogP contribution in [0.2, 0.25) is 0 Å². The molecule has 1 N–H and O–H groups in total. The molecule has 0 aromatic heterocycles. The first-order chi connectivity index (χ1) is 13.5. The molecule has 150 valence electrons. The smallest absolute Gasteiger partial charge is 0.203 e. The largest absolute Gasteiger partial charge is 0.504 e. The van der Waals surface area contributed by atoms with E-state index in [4.69, 9.17) is 23.7 Å². The molecule has 2 aromatic rings. The van der Waals surface area contributed by atoms with Crippen molar-refractivity contribution in [3.8, 4) is 34.5 Å². The van der Waals surface area contributed by atoms with E-state index in [-0.39, 0.29) is 17.8 Å². The van der Waals surface area contributed by atoms with Gasteiger partial charge >= 0.3 is 0 Å². The van der Waals surface area contributed by atoms with Gasteiger partial charge in [-0.1, -0.05) is 13.0 Å². The standard InChI is InChI=1S/C22H26O6/c1-7-8-14-19(23)16(24-3)11-15-12(2)20(28-21(14)15)13-9-17(25-4)22(27-6)18(10-13)26-5/h7,9-12,20,23H,1,8H2,2-6H3/t12-,20-/m0/s1. The highest BCUT2D eigenvalue weighted by Gasteiger charge is 2.37. The Hall–Kier alpha value is -3.02. The van der Waals surface area contributed by atoms with Gasteiger partial charge in [0.15, 0.2) is 23.0 Å². The highest BCUT2D eigenvalue weighted by Crippen LogP contribution is 2.53. The maximum absolute atomic E-state index is 10.6. The van der Waals surface area contributed by atoms with Crippen LogP contribution in [0, 0.1) is 0 Å². The van der Waals surface area contributed by atoms with Gasteiger partial charge in [-0.15, -0.1) is 6.58 Å². The van der Waals surface area contributed by atoms with E-state index in [9.17, 15) is 5.11 Å². The number of phenols is 1. The molecule has 0 unspecified atom stereocenters. The summed E-state index contributed by atoms with van der Waals surface area (Å²) in [6.07, 6.45) is 1.93. The molecule has 0 spiro atoms. The second-order valence-corrected chi connectivity index (χ2v) is 6.60. The van der Waals surface area contributed by atoms with Crippen LogP contribution >= 0.6 is 0 Å². The Morgan fingerprint density at radius 3 is 2.11 bits per heavy atom. The molecule has 3 rings (SSSR count). The summed E-state index contributed by atoms with van der Waals surface area (Å²) in [5.74, 6) is 2.87. The van der Waals surface area contributed by atoms with E-state index in [0.717, 1.165) is 11.1 Å². The lowest BCUT2D eigenvalue weighted by molar-refractivity contribution is 0.212. The minimum Gasteiger partial charge on any atom is -0.504 e. The Kier molecular flexibility index (Phi) is 5.58. The maximum atomic E-state index is 10.6. The molecule has 1 heterocycles. The van der Waals surface area contributed by atoms with Crippen LogP contribution in [0.4, 0.5) is 0 Å². The van der Waals surface area contributed by atoms with Crippen molar-refractivity contribution in [1.29, 1.82) is 0 Å². The zero-order valence-corrected chi connectivity index (χ0v) is 16.9. The molecule has 0 amide bonds. The van der Waals surface area contributed by atoms with E-state index in [2.05, 4.69) is 13.5 Å². The number of aromatic hydroxyl groups is 1. The monoisotopic (exact) mass is 386 g/mol. The number of fused-ring (bicyclic) bond motifs is 1. The minimum absolute atomic E-state index is 0.0240. The molecule has 6 heteroatoms. The third-order valence-corrected chi connectivity index (χ3v) is 5.12. The quantitative estimate of drug-likeness (QED) is 0.712. The van der Waals surface area contributed by atoms with Crippen molar-refractivity contribution in [1.82, 2.24) is 0 Å². The van der Waals surface area contributed by atoms with Crippen molar-refractivity contribution < 1.29 is 28.8 Å². The van der Waals surface area contributed by atoms with E-state index >= 15 is 0 Å². The summed E-state index contributed by atoms with van der Waals surface area (Å²) < 4.78 is 28.0. The van der Waals surface area contributed by atoms with E-state index in [0.29, 0.717) is 40.7 Å². The molecule has 6 nitrogen and oxygen atoms in total. The van der Waals surface area contributed by atoms with E-state index in [1.807, 2.05) is 18.2 Å². The molecule has 0 fully saturated rings. The summed E-state index contributed by atoms with van der Waals surface area (Å²) >= 11 is 0. The van der Waals surface area contributed by atoms with Gasteiger partial charge < -0.3 is 28.8 Å². The molecule has 1 aliphatic heterocycles. The number of methoxy groups -OCH3 is 4. The highest BCUT2D eigenvalue weighted by atomic mass is 16.5. The van der Waals surface area contributed by atoms with Gasteiger partial charge in [0.05, 0.1) is 28.4 Å². The summed E-state index contributed by atoms with van der Waals surface area (Å²) in [5, 5.41) is 10.6. The molecule has 0 bridgehead atoms. The first kappa shape index (κ1) is 19.7. The fourth-order valence-electron chi connectivity index (χ4n) is 3.69. The topological polar surface area (TPSA) is 66.4 Å². The number of benzene rings is 2. The van der Waals surface area contributed by atoms with Crippen LogP contribution < -0.4 is 23.7 Å². The average molecular weight is 386 g/mol. The van der Waals surface area contributed by atoms with Crippen molar-refractivity contribution in [2.45, 2.75) is 25.4 Å². The van der Waals surface area contributed by atoms with Crippen LogP contribution in [0.3, 0.4) is 0 Å². The van der Waals surface area contributed by atoms with Gasteiger partial charge in [-0.2, -0.15) is 0 Å². The summed E-state index contributed by atoms with van der Waals surface area (Å²) in [7, 11) is 6.27. The lowest BCUT2D eigenvalue weighted by Gasteiger charge is -2.20. The molecule has 28 heavy (non-hydrogen) atoms. The fourth-order valence-corrected chi connectivity index (χ4v) is 3.69. The molecular weight excluding hydrogens is 360 g/mol. The first-order valence-electron chi connectivity index (χ1n) is 9.00. The van der Waals surface area contributed by atoms with Gasteiger partial charge in [0, 0.05) is 22.6 Å². The Labute approximate surface area is 165 Å². The number of rotatable bonds is 7. The summed E-state index contributed by atoms with van der Waals surface area (Å²) in [6.45, 7) is 5.86. The second kappa shape index (κ2) is 7.92. The maximum Gasteiger partial charge on any atom is 0.203 e. The average Bonchev–Trinajstić information content (AvgIpc) is 3.04. The van der Waals surface area contributed by atoms with Gasteiger partial charge in [0.2, 0.25) is 5.75 Å². The van der Waals surface area contributed by atoms with E-state index in [1.54, 1.807) is 27.4 Å². The Bertz CT molecular complexity index is 864. The van der Waals surface area contributed by atoms with E-state index < -0.39 is 0 Å². The number of ether oxygens (including phenoxy) is 5. The summed E-state index contributed by atoms with van der Waals surface area (Å²) in [6, 6.07) is 5.61. The van der Waals surface area contributed by atoms with E-state index in [1.165, 1.54) is 7.11 Å². The van der Waals surface area contributed by atoms with Crippen molar-refractivity contribution in [3.05, 3.63) is 47.5 Å². The van der Waals surface area contributed by atoms with Gasteiger partial charge in [0.1, 0.15) is 11.9 Å². The predicted molar refractivity (Wildman–Crippen MR) is 106 cm³/mol. The van der Waals surface area contributed by atoms with Gasteiger partial charge in [0.25, 0.3) is 0 Å². The second-order valence-electron chi connectivity index (χ2n) is 6.60. The molecular formula is C22H26O6. The zero-order chi connectivity index (χ0) is 20.4. The Morgan fingerprint density at radius 1 is 1.00 bits per heavy atom. The summed E-state index contributed by atoms with van der Waals surface area (Å²) in [5.41, 5.74) is 2.54. The van der Waals surface area contributed by atoms with Gasteiger partial charge in [-0.3, -0.25) is 0 Å². The molecule has 2 aromatic carbocycles. The Morgan fingerprint density at radius 2 is 1.61 bits per heavy atom. The third kappa shape index (κ3) is 3.09. The lowest BCUT2D eigenvalue weighted by Crippen LogP contribution is -2.08. The molecule has 0 radical (unpaired) electrons. The Balaban J connectivity index is 2.11. The first-order valence-corrected chi connectivity index (χ1v) is 9.00. The molecule has 0 saturated carbocycles. The predicted octanol–water partition coefficient (Wildman–Crippen LogP) is 4.39. The van der Waals surface area contributed by atoms with Crippen LogP contribution in [-0.2, 0) is 6.42 Å². The molecule has 2 atom stereocenters. The van der Waals surface area contributed by atoms with Crippen LogP contribution in [-0.4, -0.2) is 33.5 Å². The van der Waals surface area contributed by atoms with Crippen molar-refractivity contribution in [2.75, 3.05) is 28.4 Å². The zero-order valence-electron chi connectivity index (χ0n) is 16.9. The van der Waals surface area contributed by atoms with Crippen molar-refractivity contribution in [2.24, 2.45) is 0 Å². The third-order valence-electron chi connectivity index (χ3n) is 5.12. The van der Waals surface area contributed by atoms with Gasteiger partial charge in [-0.25, -0.2) is 0 Å². The summed E-state index contributed by atoms with van der Waals surface area (Å²) in [4.78, 5) is 0.